The van der Waals surface area contributed by atoms with Gasteiger partial charge in [0, 0.05) is 0 Å². The fourth-order valence-corrected chi connectivity index (χ4v) is 3.49. The average molecular weight is 303 g/mol. The van der Waals surface area contributed by atoms with Crippen molar-refractivity contribution >= 4 is 40.2 Å². The molecule has 0 aliphatic carbocycles. The molecule has 3 rings (SSSR count). The van der Waals surface area contributed by atoms with Crippen molar-refractivity contribution in [3.63, 3.8) is 0 Å². The number of carboxylic acid groups (broad SMARTS) is 1. The van der Waals surface area contributed by atoms with Gasteiger partial charge in [-0.3, -0.25) is 0 Å². The zero-order valence-corrected chi connectivity index (χ0v) is 11.0. The largest absolute Gasteiger partial charge is 0.479 e. The van der Waals surface area contributed by atoms with Crippen LogP contribution < -0.4 is 4.90 Å². The SMILES string of the molecule is O=C(O)C1(CO)CN2C(=N1)Sc1c2ccc(F)c1Cl. The maximum atomic E-state index is 13.4. The van der Waals surface area contributed by atoms with Crippen molar-refractivity contribution < 1.29 is 19.4 Å². The number of aliphatic carboxylic acids is 1. The topological polar surface area (TPSA) is 73.1 Å². The van der Waals surface area contributed by atoms with E-state index in [9.17, 15) is 19.4 Å². The van der Waals surface area contributed by atoms with Crippen LogP contribution in [0.15, 0.2) is 22.0 Å². The van der Waals surface area contributed by atoms with Gasteiger partial charge in [-0.1, -0.05) is 11.6 Å². The Bertz CT molecular complexity index is 624. The lowest BCUT2D eigenvalue weighted by atomic mass is 10.0. The van der Waals surface area contributed by atoms with Gasteiger partial charge < -0.3 is 15.1 Å². The highest BCUT2D eigenvalue weighted by Gasteiger charge is 2.49. The van der Waals surface area contributed by atoms with E-state index < -0.39 is 23.9 Å². The Labute approximate surface area is 116 Å². The number of aliphatic hydroxyl groups is 1. The van der Waals surface area contributed by atoms with Crippen LogP contribution in [0.4, 0.5) is 10.1 Å². The summed E-state index contributed by atoms with van der Waals surface area (Å²) in [6.45, 7) is -0.580. The third-order valence-corrected chi connectivity index (χ3v) is 4.73. The number of amidine groups is 1. The molecule has 0 saturated carbocycles. The van der Waals surface area contributed by atoms with Gasteiger partial charge in [0.05, 0.1) is 28.8 Å². The van der Waals surface area contributed by atoms with Crippen LogP contribution in [0.3, 0.4) is 0 Å². The van der Waals surface area contributed by atoms with Gasteiger partial charge >= 0.3 is 5.97 Å². The van der Waals surface area contributed by atoms with Crippen LogP contribution in [-0.4, -0.2) is 40.0 Å². The maximum Gasteiger partial charge on any atom is 0.336 e. The third-order valence-electron chi connectivity index (χ3n) is 3.13. The number of thioether (sulfide) groups is 1. The second kappa shape index (κ2) is 4.09. The number of hydrogen-bond donors (Lipinski definition) is 2. The molecule has 1 atom stereocenters. The molecule has 0 fully saturated rings. The van der Waals surface area contributed by atoms with Gasteiger partial charge in [-0.25, -0.2) is 14.2 Å². The highest BCUT2D eigenvalue weighted by atomic mass is 35.5. The molecule has 2 heterocycles. The lowest BCUT2D eigenvalue weighted by Crippen LogP contribution is -2.45. The van der Waals surface area contributed by atoms with Gasteiger partial charge in [0.1, 0.15) is 5.82 Å². The number of rotatable bonds is 2. The summed E-state index contributed by atoms with van der Waals surface area (Å²) in [5, 5.41) is 18.9. The quantitative estimate of drug-likeness (QED) is 0.867. The van der Waals surface area contributed by atoms with E-state index in [0.717, 1.165) is 11.8 Å². The number of aliphatic imine (C=N–C) groups is 1. The first kappa shape index (κ1) is 12.7. The second-order valence-corrected chi connectivity index (χ2v) is 5.64. The van der Waals surface area contributed by atoms with E-state index in [1.54, 1.807) is 4.90 Å². The number of fused-ring (bicyclic) bond motifs is 3. The van der Waals surface area contributed by atoms with Crippen LogP contribution in [0.5, 0.6) is 0 Å². The number of anilines is 1. The zero-order chi connectivity index (χ0) is 13.8. The van der Waals surface area contributed by atoms with E-state index in [-0.39, 0.29) is 11.6 Å². The number of benzene rings is 1. The zero-order valence-electron chi connectivity index (χ0n) is 9.43. The van der Waals surface area contributed by atoms with Crippen LogP contribution >= 0.6 is 23.4 Å². The van der Waals surface area contributed by atoms with Crippen molar-refractivity contribution in [1.82, 2.24) is 0 Å². The molecule has 0 aromatic heterocycles. The molecule has 0 spiro atoms. The van der Waals surface area contributed by atoms with E-state index in [4.69, 9.17) is 11.6 Å². The highest BCUT2D eigenvalue weighted by molar-refractivity contribution is 8.15. The van der Waals surface area contributed by atoms with Gasteiger partial charge in [-0.2, -0.15) is 0 Å². The lowest BCUT2D eigenvalue weighted by Gasteiger charge is -2.21. The van der Waals surface area contributed by atoms with E-state index >= 15 is 0 Å². The van der Waals surface area contributed by atoms with Gasteiger partial charge in [-0.05, 0) is 23.9 Å². The minimum Gasteiger partial charge on any atom is -0.479 e. The lowest BCUT2D eigenvalue weighted by molar-refractivity contribution is -0.143. The summed E-state index contributed by atoms with van der Waals surface area (Å²) in [6, 6.07) is 2.76. The number of aliphatic hydroxyl groups excluding tert-OH is 1. The van der Waals surface area contributed by atoms with Crippen molar-refractivity contribution in [3.05, 3.63) is 23.0 Å². The summed E-state index contributed by atoms with van der Waals surface area (Å²) in [6.07, 6.45) is 0. The number of carboxylic acids is 1. The number of carbonyl (C=O) groups is 1. The van der Waals surface area contributed by atoms with Gasteiger partial charge in [-0.15, -0.1) is 0 Å². The van der Waals surface area contributed by atoms with Gasteiger partial charge in [0.25, 0.3) is 0 Å². The smallest absolute Gasteiger partial charge is 0.336 e. The molecule has 5 nitrogen and oxygen atoms in total. The predicted molar refractivity (Wildman–Crippen MR) is 69.5 cm³/mol. The van der Waals surface area contributed by atoms with Gasteiger partial charge in [0.15, 0.2) is 5.17 Å². The molecule has 2 aliphatic rings. The Hall–Kier alpha value is -1.31. The summed E-state index contributed by atoms with van der Waals surface area (Å²) >= 11 is 6.99. The van der Waals surface area contributed by atoms with Crippen molar-refractivity contribution in [2.45, 2.75) is 10.4 Å². The molecular weight excluding hydrogens is 295 g/mol. The molecule has 2 N–H and O–H groups in total. The molecule has 19 heavy (non-hydrogen) atoms. The molecule has 2 aliphatic heterocycles. The van der Waals surface area contributed by atoms with Crippen LogP contribution in [-0.2, 0) is 4.79 Å². The summed E-state index contributed by atoms with van der Waals surface area (Å²) in [5.74, 6) is -1.71. The molecule has 1 aromatic rings. The highest BCUT2D eigenvalue weighted by Crippen LogP contribution is 2.48. The molecule has 1 aromatic carbocycles. The number of halogens is 2. The fraction of sp³-hybridized carbons (Fsp3) is 0.273. The minimum atomic E-state index is -1.55. The number of hydrogen-bond acceptors (Lipinski definition) is 5. The first-order valence-electron chi connectivity index (χ1n) is 5.36. The molecule has 8 heteroatoms. The van der Waals surface area contributed by atoms with E-state index in [0.29, 0.717) is 15.8 Å². The van der Waals surface area contributed by atoms with Crippen molar-refractivity contribution in [1.29, 1.82) is 0 Å². The molecule has 1 unspecified atom stereocenters. The first-order valence-corrected chi connectivity index (χ1v) is 6.55. The molecular formula is C11H8ClFN2O3S. The Morgan fingerprint density at radius 2 is 2.37 bits per heavy atom. The van der Waals surface area contributed by atoms with Crippen molar-refractivity contribution in [2.24, 2.45) is 4.99 Å². The molecule has 100 valence electrons. The molecule has 0 amide bonds. The van der Waals surface area contributed by atoms with Crippen LogP contribution in [0.25, 0.3) is 0 Å². The van der Waals surface area contributed by atoms with E-state index in [1.807, 2.05) is 0 Å². The first-order chi connectivity index (χ1) is 8.98. The second-order valence-electron chi connectivity index (χ2n) is 4.29. The average Bonchev–Trinajstić information content (AvgIpc) is 2.89. The molecule has 0 radical (unpaired) electrons. The monoisotopic (exact) mass is 302 g/mol. The fourth-order valence-electron chi connectivity index (χ4n) is 2.07. The maximum absolute atomic E-state index is 13.4. The van der Waals surface area contributed by atoms with E-state index in [1.165, 1.54) is 12.1 Å². The predicted octanol–water partition coefficient (Wildman–Crippen LogP) is 1.58. The van der Waals surface area contributed by atoms with Crippen molar-refractivity contribution in [3.8, 4) is 0 Å². The van der Waals surface area contributed by atoms with Crippen LogP contribution in [0.2, 0.25) is 5.02 Å². The Morgan fingerprint density at radius 1 is 1.63 bits per heavy atom. The Morgan fingerprint density at radius 3 is 3.00 bits per heavy atom. The summed E-state index contributed by atoms with van der Waals surface area (Å²) in [5.41, 5.74) is -0.937. The van der Waals surface area contributed by atoms with Crippen LogP contribution in [0.1, 0.15) is 0 Å². The Balaban J connectivity index is 2.06. The normalized spacial score (nSPS) is 24.2. The molecule has 0 bridgehead atoms. The summed E-state index contributed by atoms with van der Waals surface area (Å²) in [4.78, 5) is 17.4. The van der Waals surface area contributed by atoms with Gasteiger partial charge in [0.2, 0.25) is 5.54 Å². The summed E-state index contributed by atoms with van der Waals surface area (Å²) in [7, 11) is 0. The molecule has 0 saturated heterocycles. The Kier molecular flexibility index (Phi) is 2.74. The summed E-state index contributed by atoms with van der Waals surface area (Å²) < 4.78 is 13.4. The standard InChI is InChI=1S/C11H8ClFN2O3S/c12-7-5(13)1-2-6-8(7)19-10-14-11(4-16,9(17)18)3-15(6)10/h1-2,16H,3-4H2,(H,17,18). The number of nitrogens with zero attached hydrogens (tertiary/aromatic N) is 2. The minimum absolute atomic E-state index is 0.00419. The third kappa shape index (κ3) is 1.65. The van der Waals surface area contributed by atoms with Crippen molar-refractivity contribution in [2.75, 3.05) is 18.1 Å². The van der Waals surface area contributed by atoms with Crippen LogP contribution in [0, 0.1) is 5.82 Å². The van der Waals surface area contributed by atoms with E-state index in [2.05, 4.69) is 4.99 Å².